The summed E-state index contributed by atoms with van der Waals surface area (Å²) in [5, 5.41) is 5.04. The highest BCUT2D eigenvalue weighted by Crippen LogP contribution is 2.33. The van der Waals surface area contributed by atoms with Crippen LogP contribution in [0.1, 0.15) is 44.5 Å². The topological polar surface area (TPSA) is 93.3 Å². The van der Waals surface area contributed by atoms with Crippen molar-refractivity contribution in [3.8, 4) is 17.3 Å². The molecule has 0 radical (unpaired) electrons. The first-order chi connectivity index (χ1) is 20.0. The number of nitrogens with one attached hydrogen (secondary N) is 1. The Balaban J connectivity index is 1.44. The number of aryl methyl sites for hydroxylation is 2. The molecule has 5 aromatic rings. The lowest BCUT2D eigenvalue weighted by atomic mass is 10.0. The Bertz CT molecular complexity index is 1810. The van der Waals surface area contributed by atoms with Crippen molar-refractivity contribution >= 4 is 27.5 Å². The summed E-state index contributed by atoms with van der Waals surface area (Å²) in [5.41, 5.74) is 5.47. The molecule has 9 nitrogen and oxygen atoms in total. The molecule has 0 spiro atoms. The van der Waals surface area contributed by atoms with Gasteiger partial charge in [-0.05, 0) is 70.0 Å². The quantitative estimate of drug-likeness (QED) is 0.252. The lowest BCUT2D eigenvalue weighted by molar-refractivity contribution is 0.248. The van der Waals surface area contributed by atoms with Crippen LogP contribution in [0.15, 0.2) is 60.9 Å². The molecule has 10 heteroatoms. The third-order valence-corrected chi connectivity index (χ3v) is 7.56. The number of piperidine rings is 1. The first kappa shape index (κ1) is 26.8. The monoisotopic (exact) mass is 551 g/mol. The van der Waals surface area contributed by atoms with Crippen molar-refractivity contribution in [1.29, 1.82) is 0 Å². The number of halogens is 1. The molecule has 1 aliphatic heterocycles. The van der Waals surface area contributed by atoms with E-state index in [0.29, 0.717) is 39.4 Å². The maximum Gasteiger partial charge on any atom is 0.166 e. The second-order valence-electron chi connectivity index (χ2n) is 10.5. The van der Waals surface area contributed by atoms with Gasteiger partial charge in [0.05, 0.1) is 28.3 Å². The number of pyridine rings is 2. The molecule has 41 heavy (non-hydrogen) atoms. The fourth-order valence-corrected chi connectivity index (χ4v) is 5.55. The molecule has 210 valence electrons. The van der Waals surface area contributed by atoms with Crippen LogP contribution in [0.5, 0.6) is 0 Å². The second kappa shape index (κ2) is 11.2. The van der Waals surface area contributed by atoms with Crippen LogP contribution >= 0.6 is 0 Å². The van der Waals surface area contributed by atoms with Crippen molar-refractivity contribution in [3.05, 3.63) is 78.1 Å². The average molecular weight is 552 g/mol. The van der Waals surface area contributed by atoms with E-state index in [0.717, 1.165) is 42.0 Å². The van der Waals surface area contributed by atoms with Crippen LogP contribution in [0.2, 0.25) is 0 Å². The minimum Gasteiger partial charge on any atom is -0.336 e. The van der Waals surface area contributed by atoms with E-state index in [1.165, 1.54) is 19.3 Å². The Morgan fingerprint density at radius 1 is 1.12 bits per heavy atom. The van der Waals surface area contributed by atoms with Crippen LogP contribution in [0.3, 0.4) is 0 Å². The number of nitrogens with zero attached hydrogens (tertiary/aromatic N) is 8. The first-order valence-corrected chi connectivity index (χ1v) is 14.1. The van der Waals surface area contributed by atoms with Gasteiger partial charge in [-0.25, -0.2) is 19.3 Å². The number of hydrogen-bond acceptors (Lipinski definition) is 6. The molecule has 6 rings (SSSR count). The van der Waals surface area contributed by atoms with E-state index in [2.05, 4.69) is 36.0 Å². The lowest BCUT2D eigenvalue weighted by Gasteiger charge is -2.27. The largest absolute Gasteiger partial charge is 0.336 e. The molecule has 0 aliphatic carbocycles. The van der Waals surface area contributed by atoms with Gasteiger partial charge in [0.15, 0.2) is 17.5 Å². The molecule has 0 aromatic carbocycles. The van der Waals surface area contributed by atoms with Gasteiger partial charge in [-0.15, -0.1) is 0 Å². The maximum atomic E-state index is 16.5. The summed E-state index contributed by atoms with van der Waals surface area (Å²) in [6.07, 6.45) is 18.8. The molecule has 0 unspecified atom stereocenters. The van der Waals surface area contributed by atoms with Crippen LogP contribution in [0.25, 0.3) is 44.8 Å². The first-order valence-electron chi connectivity index (χ1n) is 14.1. The Morgan fingerprint density at radius 2 is 1.95 bits per heavy atom. The normalized spacial score (nSPS) is 15.6. The van der Waals surface area contributed by atoms with Crippen molar-refractivity contribution < 1.29 is 4.39 Å². The van der Waals surface area contributed by atoms with Gasteiger partial charge >= 0.3 is 0 Å². The van der Waals surface area contributed by atoms with Crippen LogP contribution in [0, 0.1) is 12.7 Å². The van der Waals surface area contributed by atoms with Crippen molar-refractivity contribution in [2.24, 2.45) is 7.05 Å². The minimum atomic E-state index is -0.420. The van der Waals surface area contributed by atoms with Gasteiger partial charge in [-0.3, -0.25) is 19.1 Å². The minimum absolute atomic E-state index is 0.294. The number of rotatable bonds is 7. The Labute approximate surface area is 238 Å². The van der Waals surface area contributed by atoms with Crippen LogP contribution in [-0.4, -0.2) is 63.8 Å². The summed E-state index contributed by atoms with van der Waals surface area (Å²) in [7, 11) is 1.79. The fraction of sp³-hybridized carbons (Fsp3) is 0.323. The molecule has 1 N–H and O–H groups in total. The summed E-state index contributed by atoms with van der Waals surface area (Å²) < 4.78 is 20.0. The number of likely N-dealkylation sites (tertiary alicyclic amines) is 1. The SMILES string of the molecule is C/C=C/C(=C\C(=C/C)c1ncc2c(c(-c3nc4c(-n5cnc(C)c5)nccc4[nH]3)nn2C)c1F)CN1CCCCC1. The summed E-state index contributed by atoms with van der Waals surface area (Å²) in [6, 6.07) is 1.85. The fourth-order valence-electron chi connectivity index (χ4n) is 5.55. The molecule has 0 saturated carbocycles. The molecule has 5 aromatic heterocycles. The standard InChI is InChI=1S/C31H34FN9/c1-5-10-21(18-40-13-8-7-9-14-40)15-22(6-2)27-26(32)25-24(16-34-27)39(4)38-29(25)30-36-23-11-12-33-31(28(23)37-30)41-17-20(3)35-19-41/h5-6,10-12,15-17,19H,7-9,13-14,18H2,1-4H3,(H,36,37)/b10-5+,21-15+,22-6+. The van der Waals surface area contributed by atoms with Crippen molar-refractivity contribution in [2.75, 3.05) is 19.6 Å². The van der Waals surface area contributed by atoms with Crippen molar-refractivity contribution in [3.63, 3.8) is 0 Å². The molecule has 1 aliphatic rings. The van der Waals surface area contributed by atoms with Gasteiger partial charge in [-0.2, -0.15) is 5.10 Å². The number of aromatic amines is 1. The van der Waals surface area contributed by atoms with E-state index in [4.69, 9.17) is 4.98 Å². The Hall–Kier alpha value is -4.44. The third-order valence-electron chi connectivity index (χ3n) is 7.56. The summed E-state index contributed by atoms with van der Waals surface area (Å²) in [5.74, 6) is 0.682. The number of aromatic nitrogens is 8. The number of hydrogen-bond donors (Lipinski definition) is 1. The Kier molecular flexibility index (Phi) is 7.32. The highest BCUT2D eigenvalue weighted by molar-refractivity contribution is 5.96. The van der Waals surface area contributed by atoms with Crippen LogP contribution in [-0.2, 0) is 7.05 Å². The van der Waals surface area contributed by atoms with E-state index >= 15 is 4.39 Å². The zero-order valence-electron chi connectivity index (χ0n) is 23.9. The van der Waals surface area contributed by atoms with E-state index < -0.39 is 5.82 Å². The van der Waals surface area contributed by atoms with Gasteiger partial charge in [0.1, 0.15) is 23.2 Å². The summed E-state index contributed by atoms with van der Waals surface area (Å²) >= 11 is 0. The van der Waals surface area contributed by atoms with Crippen molar-refractivity contribution in [1.82, 2.24) is 44.2 Å². The predicted molar refractivity (Wildman–Crippen MR) is 160 cm³/mol. The van der Waals surface area contributed by atoms with E-state index in [-0.39, 0.29) is 0 Å². The third kappa shape index (κ3) is 5.11. The second-order valence-corrected chi connectivity index (χ2v) is 10.5. The van der Waals surface area contributed by atoms with E-state index in [1.807, 2.05) is 55.8 Å². The van der Waals surface area contributed by atoms with Crippen LogP contribution < -0.4 is 0 Å². The van der Waals surface area contributed by atoms with Gasteiger partial charge in [0, 0.05) is 26.0 Å². The van der Waals surface area contributed by atoms with Crippen LogP contribution in [0.4, 0.5) is 4.39 Å². The number of H-pyrrole nitrogens is 1. The Morgan fingerprint density at radius 3 is 2.68 bits per heavy atom. The summed E-state index contributed by atoms with van der Waals surface area (Å²) in [4.78, 5) is 24.0. The summed E-state index contributed by atoms with van der Waals surface area (Å²) in [6.45, 7) is 8.86. The highest BCUT2D eigenvalue weighted by atomic mass is 19.1. The van der Waals surface area contributed by atoms with Gasteiger partial charge in [0.2, 0.25) is 0 Å². The average Bonchev–Trinajstić information content (AvgIpc) is 3.69. The highest BCUT2D eigenvalue weighted by Gasteiger charge is 2.23. The smallest absolute Gasteiger partial charge is 0.166 e. The molecule has 0 bridgehead atoms. The van der Waals surface area contributed by atoms with Gasteiger partial charge < -0.3 is 4.98 Å². The molecule has 0 amide bonds. The number of fused-ring (bicyclic) bond motifs is 2. The number of allylic oxidation sites excluding steroid dienone is 4. The molecular formula is C31H34FN9. The zero-order chi connectivity index (χ0) is 28.5. The van der Waals surface area contributed by atoms with E-state index in [1.54, 1.807) is 30.5 Å². The van der Waals surface area contributed by atoms with Gasteiger partial charge in [0.25, 0.3) is 0 Å². The van der Waals surface area contributed by atoms with Gasteiger partial charge in [-0.1, -0.05) is 24.6 Å². The molecule has 1 saturated heterocycles. The molecule has 0 atom stereocenters. The molecule has 6 heterocycles. The van der Waals surface area contributed by atoms with E-state index in [9.17, 15) is 0 Å². The zero-order valence-corrected chi connectivity index (χ0v) is 23.9. The number of imidazole rings is 2. The molecular weight excluding hydrogens is 517 g/mol. The van der Waals surface area contributed by atoms with Crippen molar-refractivity contribution in [2.45, 2.75) is 40.0 Å². The lowest BCUT2D eigenvalue weighted by Crippen LogP contribution is -2.31. The maximum absolute atomic E-state index is 16.5. The predicted octanol–water partition coefficient (Wildman–Crippen LogP) is 5.93. The molecule has 1 fully saturated rings.